The highest BCUT2D eigenvalue weighted by atomic mass is 32.1. The first-order chi connectivity index (χ1) is 26.3. The largest absolute Gasteiger partial charge is 0.310 e. The van der Waals surface area contributed by atoms with Gasteiger partial charge in [0.15, 0.2) is 0 Å². The van der Waals surface area contributed by atoms with E-state index in [1.165, 1.54) is 42.4 Å². The van der Waals surface area contributed by atoms with Crippen LogP contribution in [0.2, 0.25) is 0 Å². The summed E-state index contributed by atoms with van der Waals surface area (Å²) in [7, 11) is 0. The summed E-state index contributed by atoms with van der Waals surface area (Å²) in [5, 5.41) is 2.66. The molecule has 4 heteroatoms. The van der Waals surface area contributed by atoms with Gasteiger partial charge in [0.2, 0.25) is 0 Å². The van der Waals surface area contributed by atoms with Gasteiger partial charge in [-0.3, -0.25) is 4.40 Å². The molecule has 0 aliphatic heterocycles. The fourth-order valence-electron chi connectivity index (χ4n) is 7.45. The summed E-state index contributed by atoms with van der Waals surface area (Å²) in [4.78, 5) is 7.41. The standard InChI is InChI=1S/C49H33N3S/c1-3-12-37(13-4-1)48-49(51-31-10-9-20-47(51)50-48)39-14-11-17-42(32-39)52(40-15-5-2-6-16-40)41-28-25-35(26-29-41)34-21-23-36(24-22-34)38-27-30-44-43-18-7-8-19-45(43)53-46(44)33-38/h1-33H. The topological polar surface area (TPSA) is 20.5 Å². The summed E-state index contributed by atoms with van der Waals surface area (Å²) < 4.78 is 4.85. The zero-order valence-electron chi connectivity index (χ0n) is 28.8. The van der Waals surface area contributed by atoms with E-state index in [1.54, 1.807) is 0 Å². The van der Waals surface area contributed by atoms with Gasteiger partial charge in [0, 0.05) is 54.6 Å². The maximum Gasteiger partial charge on any atom is 0.137 e. The lowest BCUT2D eigenvalue weighted by Crippen LogP contribution is -2.10. The Bertz CT molecular complexity index is 2870. The zero-order chi connectivity index (χ0) is 35.1. The van der Waals surface area contributed by atoms with Crippen molar-refractivity contribution in [2.24, 2.45) is 0 Å². The number of pyridine rings is 1. The van der Waals surface area contributed by atoms with Crippen LogP contribution in [0.25, 0.3) is 70.6 Å². The Balaban J connectivity index is 0.992. The van der Waals surface area contributed by atoms with E-state index in [0.717, 1.165) is 45.2 Å². The normalized spacial score (nSPS) is 11.4. The van der Waals surface area contributed by atoms with Crippen molar-refractivity contribution < 1.29 is 0 Å². The van der Waals surface area contributed by atoms with E-state index in [0.29, 0.717) is 0 Å². The highest BCUT2D eigenvalue weighted by molar-refractivity contribution is 7.25. The zero-order valence-corrected chi connectivity index (χ0v) is 29.6. The number of benzene rings is 7. The van der Waals surface area contributed by atoms with Gasteiger partial charge >= 0.3 is 0 Å². The molecule has 7 aromatic carbocycles. The fraction of sp³-hybridized carbons (Fsp3) is 0. The van der Waals surface area contributed by atoms with Gasteiger partial charge in [-0.05, 0) is 82.9 Å². The molecule has 0 bridgehead atoms. The van der Waals surface area contributed by atoms with Crippen LogP contribution in [-0.4, -0.2) is 9.38 Å². The number of hydrogen-bond acceptors (Lipinski definition) is 3. The van der Waals surface area contributed by atoms with Crippen molar-refractivity contribution >= 4 is 54.2 Å². The van der Waals surface area contributed by atoms with Gasteiger partial charge in [0.25, 0.3) is 0 Å². The number of para-hydroxylation sites is 1. The van der Waals surface area contributed by atoms with Crippen LogP contribution in [0.15, 0.2) is 200 Å². The Morgan fingerprint density at radius 2 is 0.981 bits per heavy atom. The Kier molecular flexibility index (Phi) is 7.67. The van der Waals surface area contributed by atoms with Crippen molar-refractivity contribution in [3.05, 3.63) is 200 Å². The first kappa shape index (κ1) is 31.0. The second-order valence-corrected chi connectivity index (χ2v) is 14.3. The van der Waals surface area contributed by atoms with Crippen molar-refractivity contribution in [3.8, 4) is 44.8 Å². The van der Waals surface area contributed by atoms with E-state index in [4.69, 9.17) is 4.98 Å². The molecule has 0 spiro atoms. The maximum absolute atomic E-state index is 5.08. The van der Waals surface area contributed by atoms with E-state index in [2.05, 4.69) is 197 Å². The summed E-state index contributed by atoms with van der Waals surface area (Å²) >= 11 is 1.86. The summed E-state index contributed by atoms with van der Waals surface area (Å²) in [6, 6.07) is 69.4. The Labute approximate surface area is 312 Å². The van der Waals surface area contributed by atoms with Crippen LogP contribution in [0.4, 0.5) is 17.1 Å². The van der Waals surface area contributed by atoms with E-state index < -0.39 is 0 Å². The molecule has 10 aromatic rings. The number of hydrogen-bond donors (Lipinski definition) is 0. The summed E-state index contributed by atoms with van der Waals surface area (Å²) in [6.45, 7) is 0. The monoisotopic (exact) mass is 695 g/mol. The number of anilines is 3. The molecule has 0 saturated carbocycles. The molecule has 0 radical (unpaired) electrons. The van der Waals surface area contributed by atoms with Gasteiger partial charge in [-0.15, -0.1) is 11.3 Å². The summed E-state index contributed by atoms with van der Waals surface area (Å²) in [6.07, 6.45) is 2.10. The molecule has 0 unspecified atom stereocenters. The van der Waals surface area contributed by atoms with E-state index in [-0.39, 0.29) is 0 Å². The minimum absolute atomic E-state index is 0.924. The summed E-state index contributed by atoms with van der Waals surface area (Å²) in [5.74, 6) is 0. The molecular weight excluding hydrogens is 663 g/mol. The Hall–Kier alpha value is -6.75. The van der Waals surface area contributed by atoms with Crippen molar-refractivity contribution in [1.29, 1.82) is 0 Å². The molecule has 0 amide bonds. The van der Waals surface area contributed by atoms with Crippen LogP contribution in [0.3, 0.4) is 0 Å². The molecule has 53 heavy (non-hydrogen) atoms. The molecule has 10 rings (SSSR count). The number of fused-ring (bicyclic) bond motifs is 4. The highest BCUT2D eigenvalue weighted by Crippen LogP contribution is 2.40. The van der Waals surface area contributed by atoms with Crippen molar-refractivity contribution in [2.45, 2.75) is 0 Å². The molecule has 250 valence electrons. The Morgan fingerprint density at radius 1 is 0.396 bits per heavy atom. The van der Waals surface area contributed by atoms with Crippen LogP contribution in [0, 0.1) is 0 Å². The highest BCUT2D eigenvalue weighted by Gasteiger charge is 2.19. The third kappa shape index (κ3) is 5.66. The first-order valence-electron chi connectivity index (χ1n) is 17.9. The predicted octanol–water partition coefficient (Wildman–Crippen LogP) is 13.8. The molecule has 0 atom stereocenters. The van der Waals surface area contributed by atoms with Crippen LogP contribution in [0.1, 0.15) is 0 Å². The molecule has 0 saturated heterocycles. The van der Waals surface area contributed by atoms with E-state index in [1.807, 2.05) is 23.5 Å². The number of imidazole rings is 1. The fourth-order valence-corrected chi connectivity index (χ4v) is 8.59. The van der Waals surface area contributed by atoms with Crippen LogP contribution in [0.5, 0.6) is 0 Å². The first-order valence-corrected chi connectivity index (χ1v) is 18.7. The van der Waals surface area contributed by atoms with Gasteiger partial charge in [-0.1, -0.05) is 133 Å². The van der Waals surface area contributed by atoms with Crippen LogP contribution in [-0.2, 0) is 0 Å². The molecule has 0 fully saturated rings. The molecule has 0 aliphatic carbocycles. The van der Waals surface area contributed by atoms with Crippen molar-refractivity contribution in [2.75, 3.05) is 4.90 Å². The predicted molar refractivity (Wildman–Crippen MR) is 225 cm³/mol. The van der Waals surface area contributed by atoms with Crippen LogP contribution < -0.4 is 4.90 Å². The van der Waals surface area contributed by atoms with Gasteiger partial charge in [-0.2, -0.15) is 0 Å². The van der Waals surface area contributed by atoms with Crippen molar-refractivity contribution in [3.63, 3.8) is 0 Å². The molecule has 3 aromatic heterocycles. The molecule has 0 aliphatic rings. The molecular formula is C49H33N3S. The lowest BCUT2D eigenvalue weighted by atomic mass is 9.99. The number of aromatic nitrogens is 2. The minimum atomic E-state index is 0.924. The third-order valence-corrected chi connectivity index (χ3v) is 11.2. The lowest BCUT2D eigenvalue weighted by molar-refractivity contribution is 1.19. The van der Waals surface area contributed by atoms with Gasteiger partial charge < -0.3 is 4.90 Å². The average Bonchev–Trinajstić information content (AvgIpc) is 3.81. The van der Waals surface area contributed by atoms with Gasteiger partial charge in [-0.25, -0.2) is 4.98 Å². The Morgan fingerprint density at radius 3 is 1.77 bits per heavy atom. The number of rotatable bonds is 7. The SMILES string of the molecule is c1ccc(-c2nc3ccccn3c2-c2cccc(N(c3ccccc3)c3ccc(-c4ccc(-c5ccc6c(c5)sc5ccccc56)cc4)cc3)c2)cc1. The minimum Gasteiger partial charge on any atom is -0.310 e. The maximum atomic E-state index is 5.08. The second kappa shape index (κ2) is 13.1. The van der Waals surface area contributed by atoms with Gasteiger partial charge in [0.05, 0.1) is 11.4 Å². The van der Waals surface area contributed by atoms with Crippen molar-refractivity contribution in [1.82, 2.24) is 9.38 Å². The third-order valence-electron chi connectivity index (χ3n) is 10.0. The molecule has 3 nitrogen and oxygen atoms in total. The number of thiophene rings is 1. The second-order valence-electron chi connectivity index (χ2n) is 13.3. The van der Waals surface area contributed by atoms with Crippen LogP contribution >= 0.6 is 11.3 Å². The molecule has 0 N–H and O–H groups in total. The summed E-state index contributed by atoms with van der Waals surface area (Å²) in [5.41, 5.74) is 13.3. The molecule has 3 heterocycles. The average molecular weight is 696 g/mol. The lowest BCUT2D eigenvalue weighted by Gasteiger charge is -2.26. The smallest absolute Gasteiger partial charge is 0.137 e. The van der Waals surface area contributed by atoms with Gasteiger partial charge in [0.1, 0.15) is 5.65 Å². The quantitative estimate of drug-likeness (QED) is 0.165. The van der Waals surface area contributed by atoms with E-state index >= 15 is 0 Å². The number of nitrogens with zero attached hydrogens (tertiary/aromatic N) is 3. The van der Waals surface area contributed by atoms with E-state index in [9.17, 15) is 0 Å².